The van der Waals surface area contributed by atoms with Crippen LogP contribution < -0.4 is 15.0 Å². The summed E-state index contributed by atoms with van der Waals surface area (Å²) in [5, 5.41) is 3.44. The number of benzene rings is 4. The molecule has 1 aliphatic heterocycles. The first kappa shape index (κ1) is 23.0. The van der Waals surface area contributed by atoms with E-state index in [1.165, 1.54) is 24.3 Å². The van der Waals surface area contributed by atoms with Gasteiger partial charge in [-0.2, -0.15) is 0 Å². The Hall–Kier alpha value is -4.78. The predicted octanol–water partition coefficient (Wildman–Crippen LogP) is 4.46. The average Bonchev–Trinajstić information content (AvgIpc) is 2.88. The van der Waals surface area contributed by atoms with Crippen LogP contribution in [0.25, 0.3) is 10.8 Å². The summed E-state index contributed by atoms with van der Waals surface area (Å²) in [6.45, 7) is 2.65. The van der Waals surface area contributed by atoms with Gasteiger partial charge in [-0.15, -0.1) is 0 Å². The lowest BCUT2D eigenvalue weighted by molar-refractivity contribution is -0.120. The zero-order valence-electron chi connectivity index (χ0n) is 19.5. The fraction of sp³-hybridized carbons (Fsp3) is 0.103. The van der Waals surface area contributed by atoms with Crippen molar-refractivity contribution in [3.8, 4) is 5.75 Å². The second kappa shape index (κ2) is 9.46. The van der Waals surface area contributed by atoms with Gasteiger partial charge in [-0.05, 0) is 55.3 Å². The summed E-state index contributed by atoms with van der Waals surface area (Å²) in [7, 11) is 0. The van der Waals surface area contributed by atoms with Crippen LogP contribution >= 0.6 is 0 Å². The summed E-state index contributed by atoms with van der Waals surface area (Å²) < 4.78 is 5.16. The molecule has 178 valence electrons. The highest BCUT2D eigenvalue weighted by molar-refractivity contribution is 6.37. The van der Waals surface area contributed by atoms with E-state index in [0.29, 0.717) is 24.0 Å². The van der Waals surface area contributed by atoms with Crippen molar-refractivity contribution in [1.29, 1.82) is 0 Å². The van der Waals surface area contributed by atoms with Crippen LogP contribution in [0.2, 0.25) is 0 Å². The number of rotatable bonds is 7. The highest BCUT2D eigenvalue weighted by Gasteiger charge is 2.36. The van der Waals surface area contributed by atoms with Crippen LogP contribution in [0.5, 0.6) is 5.75 Å². The van der Waals surface area contributed by atoms with Gasteiger partial charge in [0.2, 0.25) is 0 Å². The van der Waals surface area contributed by atoms with E-state index >= 15 is 0 Å². The van der Waals surface area contributed by atoms with Gasteiger partial charge in [-0.3, -0.25) is 19.2 Å². The van der Waals surface area contributed by atoms with Crippen LogP contribution in [0.3, 0.4) is 0 Å². The molecule has 0 bridgehead atoms. The van der Waals surface area contributed by atoms with E-state index in [-0.39, 0.29) is 34.3 Å². The third-order valence-electron chi connectivity index (χ3n) is 6.21. The number of amides is 3. The van der Waals surface area contributed by atoms with Crippen molar-refractivity contribution >= 4 is 40.7 Å². The largest absolute Gasteiger partial charge is 0.428 e. The summed E-state index contributed by atoms with van der Waals surface area (Å²) in [6.07, 6.45) is 0.634. The number of para-hydroxylation sites is 1. The number of carbonyl (C=O) groups excluding carboxylic acids is 4. The van der Waals surface area contributed by atoms with E-state index in [2.05, 4.69) is 11.4 Å². The SMILES string of the molecule is Cc1cccc(CCNC(=O)c2ccc3c4c(ccc(OC=O)c24)C(=O)N(c2ccccc2)C3=O)c1. The van der Waals surface area contributed by atoms with Gasteiger partial charge in [-0.1, -0.05) is 48.0 Å². The van der Waals surface area contributed by atoms with Crippen LogP contribution in [0.15, 0.2) is 78.9 Å². The quantitative estimate of drug-likeness (QED) is 0.313. The van der Waals surface area contributed by atoms with Gasteiger partial charge in [0.15, 0.2) is 0 Å². The van der Waals surface area contributed by atoms with E-state index in [1.807, 2.05) is 25.1 Å². The number of nitrogens with one attached hydrogen (secondary N) is 1. The van der Waals surface area contributed by atoms with E-state index in [1.54, 1.807) is 30.3 Å². The van der Waals surface area contributed by atoms with Crippen molar-refractivity contribution in [2.24, 2.45) is 0 Å². The molecule has 1 heterocycles. The number of imide groups is 1. The van der Waals surface area contributed by atoms with E-state index < -0.39 is 17.7 Å². The third kappa shape index (κ3) is 4.01. The molecule has 0 fully saturated rings. The van der Waals surface area contributed by atoms with Gasteiger partial charge in [0.1, 0.15) is 5.75 Å². The molecular weight excluding hydrogens is 456 g/mol. The van der Waals surface area contributed by atoms with Gasteiger partial charge >= 0.3 is 0 Å². The second-order valence-electron chi connectivity index (χ2n) is 8.51. The van der Waals surface area contributed by atoms with Gasteiger partial charge in [0, 0.05) is 28.4 Å². The molecule has 0 saturated carbocycles. The molecule has 0 unspecified atom stereocenters. The molecule has 7 heteroatoms. The van der Waals surface area contributed by atoms with Crippen LogP contribution in [0.1, 0.15) is 42.2 Å². The highest BCUT2D eigenvalue weighted by atomic mass is 16.5. The molecule has 1 aliphatic rings. The second-order valence-corrected chi connectivity index (χ2v) is 8.51. The number of hydrogen-bond donors (Lipinski definition) is 1. The molecule has 0 saturated heterocycles. The Morgan fingerprint density at radius 3 is 2.31 bits per heavy atom. The lowest BCUT2D eigenvalue weighted by atomic mass is 9.90. The van der Waals surface area contributed by atoms with E-state index in [9.17, 15) is 19.2 Å². The predicted molar refractivity (Wildman–Crippen MR) is 135 cm³/mol. The summed E-state index contributed by atoms with van der Waals surface area (Å²) in [6, 6.07) is 22.7. The Morgan fingerprint density at radius 2 is 1.61 bits per heavy atom. The highest BCUT2D eigenvalue weighted by Crippen LogP contribution is 2.39. The summed E-state index contributed by atoms with van der Waals surface area (Å²) in [5.41, 5.74) is 3.38. The number of nitrogens with zero attached hydrogens (tertiary/aromatic N) is 1. The molecule has 1 N–H and O–H groups in total. The van der Waals surface area contributed by atoms with E-state index in [0.717, 1.165) is 16.0 Å². The molecule has 36 heavy (non-hydrogen) atoms. The van der Waals surface area contributed by atoms with Crippen LogP contribution in [0.4, 0.5) is 5.69 Å². The molecule has 4 aromatic rings. The number of carbonyl (C=O) groups is 4. The molecule has 0 atom stereocenters. The molecular formula is C29H22N2O5. The molecule has 4 aromatic carbocycles. The zero-order valence-corrected chi connectivity index (χ0v) is 19.5. The van der Waals surface area contributed by atoms with Gasteiger partial charge < -0.3 is 10.1 Å². The standard InChI is InChI=1S/C29H22N2O5/c1-18-6-5-7-19(16-18)14-15-30-27(33)21-10-11-22-25-23(12-13-24(26(21)25)36-17-32)29(35)31(28(22)34)20-8-3-2-4-9-20/h2-13,16-17H,14-15H2,1H3,(H,30,33). The number of ether oxygens (including phenoxy) is 1. The number of anilines is 1. The van der Waals surface area contributed by atoms with Gasteiger partial charge in [0.25, 0.3) is 24.2 Å². The maximum atomic E-state index is 13.4. The first-order valence-corrected chi connectivity index (χ1v) is 11.5. The van der Waals surface area contributed by atoms with Crippen molar-refractivity contribution in [2.45, 2.75) is 13.3 Å². The van der Waals surface area contributed by atoms with Crippen LogP contribution in [-0.2, 0) is 11.2 Å². The monoisotopic (exact) mass is 478 g/mol. The zero-order chi connectivity index (χ0) is 25.2. The van der Waals surface area contributed by atoms with Gasteiger partial charge in [-0.25, -0.2) is 4.90 Å². The maximum Gasteiger partial charge on any atom is 0.298 e. The van der Waals surface area contributed by atoms with Crippen molar-refractivity contribution in [2.75, 3.05) is 11.4 Å². The van der Waals surface area contributed by atoms with Crippen molar-refractivity contribution in [3.63, 3.8) is 0 Å². The lowest BCUT2D eigenvalue weighted by Gasteiger charge is -2.28. The molecule has 3 amide bonds. The fourth-order valence-corrected chi connectivity index (χ4v) is 4.59. The first-order valence-electron chi connectivity index (χ1n) is 11.5. The summed E-state index contributed by atoms with van der Waals surface area (Å²) in [4.78, 5) is 52.4. The normalized spacial score (nSPS) is 12.5. The van der Waals surface area contributed by atoms with Crippen molar-refractivity contribution in [3.05, 3.63) is 107 Å². The number of aryl methyl sites for hydroxylation is 1. The Morgan fingerprint density at radius 1 is 0.889 bits per heavy atom. The maximum absolute atomic E-state index is 13.4. The molecule has 7 nitrogen and oxygen atoms in total. The third-order valence-corrected chi connectivity index (χ3v) is 6.21. The topological polar surface area (TPSA) is 92.8 Å². The van der Waals surface area contributed by atoms with Crippen LogP contribution in [0, 0.1) is 6.92 Å². The average molecular weight is 479 g/mol. The molecule has 0 spiro atoms. The van der Waals surface area contributed by atoms with Crippen molar-refractivity contribution < 1.29 is 23.9 Å². The van der Waals surface area contributed by atoms with Crippen molar-refractivity contribution in [1.82, 2.24) is 5.32 Å². The van der Waals surface area contributed by atoms with Crippen LogP contribution in [-0.4, -0.2) is 30.7 Å². The Balaban J connectivity index is 1.55. The molecule has 0 radical (unpaired) electrons. The Kier molecular flexibility index (Phi) is 6.04. The summed E-state index contributed by atoms with van der Waals surface area (Å²) >= 11 is 0. The molecule has 0 aromatic heterocycles. The van der Waals surface area contributed by atoms with Gasteiger partial charge in [0.05, 0.1) is 11.3 Å². The van der Waals surface area contributed by atoms with E-state index in [4.69, 9.17) is 4.74 Å². The number of hydrogen-bond acceptors (Lipinski definition) is 5. The minimum Gasteiger partial charge on any atom is -0.428 e. The first-order chi connectivity index (χ1) is 17.5. The minimum absolute atomic E-state index is 0.100. The minimum atomic E-state index is -0.515. The Labute approximate surface area is 207 Å². The lowest BCUT2D eigenvalue weighted by Crippen LogP contribution is -2.40. The molecule has 0 aliphatic carbocycles. The smallest absolute Gasteiger partial charge is 0.298 e. The fourth-order valence-electron chi connectivity index (χ4n) is 4.59. The molecule has 5 rings (SSSR count). The summed E-state index contributed by atoms with van der Waals surface area (Å²) in [5.74, 6) is -1.33. The Bertz CT molecular complexity index is 1510.